The molecule has 0 unspecified atom stereocenters. The van der Waals surface area contributed by atoms with Crippen molar-refractivity contribution < 1.29 is 14.5 Å². The van der Waals surface area contributed by atoms with Gasteiger partial charge in [0.1, 0.15) is 45.0 Å². The van der Waals surface area contributed by atoms with Gasteiger partial charge >= 0.3 is 0 Å². The van der Waals surface area contributed by atoms with Crippen molar-refractivity contribution in [1.82, 2.24) is 0 Å². The fraction of sp³-hybridized carbons (Fsp3) is 0.368. The first-order valence-electron chi connectivity index (χ1n) is 8.28. The lowest BCUT2D eigenvalue weighted by molar-refractivity contribution is -1.02. The van der Waals surface area contributed by atoms with Crippen LogP contribution in [0.3, 0.4) is 0 Å². The third-order valence-corrected chi connectivity index (χ3v) is 5.42. The molecule has 1 fully saturated rings. The summed E-state index contributed by atoms with van der Waals surface area (Å²) in [7, 11) is 1.73. The number of piperazine rings is 1. The Morgan fingerprint density at radius 1 is 0.913 bits per heavy atom. The molecule has 2 aromatic rings. The molecular formula is C19H25BrN2O+2. The number of halogens is 1. The molecule has 3 nitrogen and oxygen atoms in total. The first-order chi connectivity index (χ1) is 11.2. The molecule has 1 saturated heterocycles. The molecule has 0 bridgehead atoms. The van der Waals surface area contributed by atoms with Gasteiger partial charge in [-0.15, -0.1) is 0 Å². The Balaban J connectivity index is 1.51. The highest BCUT2D eigenvalue weighted by Gasteiger charge is 2.23. The van der Waals surface area contributed by atoms with Gasteiger partial charge in [0.15, 0.2) is 0 Å². The van der Waals surface area contributed by atoms with Gasteiger partial charge in [-0.1, -0.05) is 46.3 Å². The number of methoxy groups -OCH3 is 1. The Morgan fingerprint density at radius 3 is 2.30 bits per heavy atom. The first kappa shape index (κ1) is 16.5. The summed E-state index contributed by atoms with van der Waals surface area (Å²) in [5.41, 5.74) is 2.78. The number of hydrogen-bond acceptors (Lipinski definition) is 1. The van der Waals surface area contributed by atoms with Crippen LogP contribution in [0.15, 0.2) is 53.0 Å². The zero-order valence-corrected chi connectivity index (χ0v) is 15.2. The van der Waals surface area contributed by atoms with E-state index < -0.39 is 0 Å². The molecule has 0 saturated carbocycles. The van der Waals surface area contributed by atoms with Gasteiger partial charge < -0.3 is 14.5 Å². The first-order valence-corrected chi connectivity index (χ1v) is 9.07. The Bertz CT molecular complexity index is 639. The van der Waals surface area contributed by atoms with Crippen LogP contribution in [0.1, 0.15) is 11.1 Å². The monoisotopic (exact) mass is 376 g/mol. The summed E-state index contributed by atoms with van der Waals surface area (Å²) in [6.07, 6.45) is 0. The molecule has 1 heterocycles. The van der Waals surface area contributed by atoms with Gasteiger partial charge in [0, 0.05) is 15.6 Å². The maximum Gasteiger partial charge on any atom is 0.127 e. The number of rotatable bonds is 5. The van der Waals surface area contributed by atoms with Gasteiger partial charge in [0.25, 0.3) is 0 Å². The van der Waals surface area contributed by atoms with Crippen molar-refractivity contribution in [2.24, 2.45) is 0 Å². The number of quaternary nitrogens is 2. The van der Waals surface area contributed by atoms with Crippen molar-refractivity contribution in [3.63, 3.8) is 0 Å². The molecule has 2 N–H and O–H groups in total. The fourth-order valence-corrected chi connectivity index (χ4v) is 3.72. The van der Waals surface area contributed by atoms with E-state index in [1.165, 1.54) is 41.8 Å². The molecule has 122 valence electrons. The van der Waals surface area contributed by atoms with E-state index in [9.17, 15) is 0 Å². The van der Waals surface area contributed by atoms with E-state index >= 15 is 0 Å². The van der Waals surface area contributed by atoms with Crippen molar-refractivity contribution >= 4 is 15.9 Å². The lowest BCUT2D eigenvalue weighted by atomic mass is 10.1. The predicted octanol–water partition coefficient (Wildman–Crippen LogP) is 0.941. The van der Waals surface area contributed by atoms with Crippen LogP contribution >= 0.6 is 15.9 Å². The molecule has 0 atom stereocenters. The summed E-state index contributed by atoms with van der Waals surface area (Å²) < 4.78 is 6.56. The molecule has 0 amide bonds. The minimum atomic E-state index is 0.958. The van der Waals surface area contributed by atoms with Crippen LogP contribution in [0.2, 0.25) is 0 Å². The van der Waals surface area contributed by atoms with Crippen molar-refractivity contribution in [3.05, 3.63) is 64.1 Å². The second kappa shape index (κ2) is 7.95. The van der Waals surface area contributed by atoms with Crippen LogP contribution < -0.4 is 14.5 Å². The Kier molecular flexibility index (Phi) is 5.70. The second-order valence-corrected chi connectivity index (χ2v) is 7.15. The molecule has 1 aliphatic heterocycles. The van der Waals surface area contributed by atoms with Crippen molar-refractivity contribution in [2.45, 2.75) is 13.1 Å². The van der Waals surface area contributed by atoms with Gasteiger partial charge in [-0.2, -0.15) is 0 Å². The van der Waals surface area contributed by atoms with Crippen molar-refractivity contribution in [3.8, 4) is 5.75 Å². The van der Waals surface area contributed by atoms with Crippen molar-refractivity contribution in [2.75, 3.05) is 33.3 Å². The Labute approximate surface area is 147 Å². The van der Waals surface area contributed by atoms with Crippen LogP contribution in [-0.4, -0.2) is 33.3 Å². The van der Waals surface area contributed by atoms with Gasteiger partial charge in [-0.3, -0.25) is 0 Å². The zero-order valence-electron chi connectivity index (χ0n) is 13.6. The van der Waals surface area contributed by atoms with E-state index in [0.29, 0.717) is 0 Å². The standard InChI is InChI=1S/C19H23BrN2O/c1-23-18-7-4-5-16(13-18)14-21-9-11-22(12-10-21)15-17-6-2-3-8-19(17)20/h2-8,13H,9-12,14-15H2,1H3/p+2. The average Bonchev–Trinajstić information content (AvgIpc) is 2.59. The molecular weight excluding hydrogens is 352 g/mol. The second-order valence-electron chi connectivity index (χ2n) is 6.30. The smallest absolute Gasteiger partial charge is 0.127 e. The molecule has 1 aliphatic rings. The highest BCUT2D eigenvalue weighted by atomic mass is 79.9. The SMILES string of the molecule is COc1cccc(C[NH+]2CC[NH+](Cc3ccccc3Br)CC2)c1. The third-order valence-electron chi connectivity index (χ3n) is 4.65. The zero-order chi connectivity index (χ0) is 16.1. The highest BCUT2D eigenvalue weighted by molar-refractivity contribution is 9.10. The van der Waals surface area contributed by atoms with E-state index in [-0.39, 0.29) is 0 Å². The number of nitrogens with one attached hydrogen (secondary N) is 2. The average molecular weight is 377 g/mol. The molecule has 3 rings (SSSR count). The van der Waals surface area contributed by atoms with Crippen LogP contribution in [-0.2, 0) is 13.1 Å². The van der Waals surface area contributed by atoms with Crippen LogP contribution in [0.25, 0.3) is 0 Å². The van der Waals surface area contributed by atoms with E-state index in [2.05, 4.69) is 58.4 Å². The molecule has 4 heteroatoms. The number of ether oxygens (including phenoxy) is 1. The summed E-state index contributed by atoms with van der Waals surface area (Å²) in [5, 5.41) is 0. The van der Waals surface area contributed by atoms with E-state index in [0.717, 1.165) is 18.8 Å². The van der Waals surface area contributed by atoms with Crippen LogP contribution in [0.5, 0.6) is 5.75 Å². The quantitative estimate of drug-likeness (QED) is 0.794. The molecule has 23 heavy (non-hydrogen) atoms. The van der Waals surface area contributed by atoms with Gasteiger partial charge in [-0.25, -0.2) is 0 Å². The largest absolute Gasteiger partial charge is 0.497 e. The summed E-state index contributed by atoms with van der Waals surface area (Å²) in [4.78, 5) is 3.36. The Hall–Kier alpha value is -1.36. The minimum Gasteiger partial charge on any atom is -0.497 e. The molecule has 0 aliphatic carbocycles. The molecule has 2 aromatic carbocycles. The van der Waals surface area contributed by atoms with E-state index in [4.69, 9.17) is 4.74 Å². The van der Waals surface area contributed by atoms with E-state index in [1.54, 1.807) is 16.9 Å². The topological polar surface area (TPSA) is 18.1 Å². The minimum absolute atomic E-state index is 0.958. The molecule has 0 aromatic heterocycles. The van der Waals surface area contributed by atoms with Gasteiger partial charge in [0.05, 0.1) is 7.11 Å². The van der Waals surface area contributed by atoms with Crippen LogP contribution in [0.4, 0.5) is 0 Å². The molecule has 0 radical (unpaired) electrons. The number of hydrogen-bond donors (Lipinski definition) is 2. The normalized spacial score (nSPS) is 21.1. The molecule has 0 spiro atoms. The third kappa shape index (κ3) is 4.56. The van der Waals surface area contributed by atoms with Gasteiger partial charge in [-0.05, 0) is 18.2 Å². The van der Waals surface area contributed by atoms with Gasteiger partial charge in [0.2, 0.25) is 0 Å². The van der Waals surface area contributed by atoms with Crippen LogP contribution in [0, 0.1) is 0 Å². The van der Waals surface area contributed by atoms with E-state index in [1.807, 2.05) is 6.07 Å². The fourth-order valence-electron chi connectivity index (χ4n) is 3.29. The highest BCUT2D eigenvalue weighted by Crippen LogP contribution is 2.14. The maximum atomic E-state index is 5.32. The van der Waals surface area contributed by atoms with Crippen molar-refractivity contribution in [1.29, 1.82) is 0 Å². The predicted molar refractivity (Wildman–Crippen MR) is 95.9 cm³/mol. The summed E-state index contributed by atoms with van der Waals surface area (Å²) in [6.45, 7) is 7.16. The number of benzene rings is 2. The lowest BCUT2D eigenvalue weighted by Crippen LogP contribution is -3.27. The summed E-state index contributed by atoms with van der Waals surface area (Å²) in [6, 6.07) is 17.0. The Morgan fingerprint density at radius 2 is 1.61 bits per heavy atom. The lowest BCUT2D eigenvalue weighted by Gasteiger charge is -2.30. The summed E-state index contributed by atoms with van der Waals surface area (Å²) >= 11 is 3.66. The maximum absolute atomic E-state index is 5.32. The summed E-state index contributed by atoms with van der Waals surface area (Å²) in [5.74, 6) is 0.958.